The second kappa shape index (κ2) is 10.1. The molecular weight excluding hydrogens is 597 g/mol. The smallest absolute Gasteiger partial charge is 0.137 e. The lowest BCUT2D eigenvalue weighted by atomic mass is 9.87. The monoisotopic (exact) mass is 626 g/mol. The first-order chi connectivity index (χ1) is 24.3. The molecule has 0 N–H and O–H groups in total. The fourth-order valence-electron chi connectivity index (χ4n) is 8.46. The average molecular weight is 627 g/mol. The molecule has 3 nitrogen and oxygen atoms in total. The molecule has 0 atom stereocenters. The van der Waals surface area contributed by atoms with Crippen molar-refractivity contribution in [3.63, 3.8) is 0 Å². The number of para-hydroxylation sites is 3. The Hall–Kier alpha value is -6.32. The van der Waals surface area contributed by atoms with Gasteiger partial charge < -0.3 is 13.6 Å². The predicted molar refractivity (Wildman–Crippen MR) is 204 cm³/mol. The molecule has 10 aromatic rings. The van der Waals surface area contributed by atoms with E-state index in [9.17, 15) is 0 Å². The summed E-state index contributed by atoms with van der Waals surface area (Å²) in [5.74, 6) is 0. The number of nitrogens with zero attached hydrogens (tertiary/aromatic N) is 2. The topological polar surface area (TPSA) is 23.0 Å². The molecule has 3 heterocycles. The van der Waals surface area contributed by atoms with E-state index in [1.807, 2.05) is 12.1 Å². The molecule has 230 valence electrons. The van der Waals surface area contributed by atoms with Crippen molar-refractivity contribution in [2.45, 2.75) is 12.8 Å². The van der Waals surface area contributed by atoms with E-state index < -0.39 is 0 Å². The Morgan fingerprint density at radius 3 is 2.02 bits per heavy atom. The van der Waals surface area contributed by atoms with Crippen LogP contribution in [-0.4, -0.2) is 9.13 Å². The number of fused-ring (bicyclic) bond motifs is 11. The minimum absolute atomic E-state index is 0.899. The third-order valence-corrected chi connectivity index (χ3v) is 10.6. The molecule has 0 spiro atoms. The summed E-state index contributed by atoms with van der Waals surface area (Å²) in [7, 11) is 0. The van der Waals surface area contributed by atoms with Crippen molar-refractivity contribution >= 4 is 71.1 Å². The van der Waals surface area contributed by atoms with Gasteiger partial charge in [-0.2, -0.15) is 0 Å². The number of hydrogen-bond donors (Lipinski definition) is 0. The van der Waals surface area contributed by atoms with E-state index in [0.717, 1.165) is 46.2 Å². The molecule has 3 heteroatoms. The van der Waals surface area contributed by atoms with E-state index in [-0.39, 0.29) is 0 Å². The first kappa shape index (κ1) is 26.7. The minimum atomic E-state index is 0.899. The number of benzene rings is 7. The van der Waals surface area contributed by atoms with Crippen LogP contribution in [0.4, 0.5) is 0 Å². The van der Waals surface area contributed by atoms with Crippen molar-refractivity contribution in [1.82, 2.24) is 9.13 Å². The maximum atomic E-state index is 6.35. The van der Waals surface area contributed by atoms with Crippen molar-refractivity contribution in [2.75, 3.05) is 0 Å². The molecule has 0 aliphatic heterocycles. The normalized spacial score (nSPS) is 13.3. The summed E-state index contributed by atoms with van der Waals surface area (Å²) in [5.41, 5.74) is 14.2. The maximum absolute atomic E-state index is 6.35. The lowest BCUT2D eigenvalue weighted by Crippen LogP contribution is -2.01. The standard InChI is InChI=1S/C46H30N2O/c1-2-12-33-29(10-1)11-9-16-34(33)30-20-22-31(23-21-30)48-40-17-6-3-13-35(40)38-26-27-42-45(46(38)48)39-15-4-7-18-41(39)47(42)32-24-25-37-36-14-5-8-19-43(36)49-44(37)28-32/h1-8,10,12-28H,9,11H2. The lowest BCUT2D eigenvalue weighted by Gasteiger charge is -2.18. The van der Waals surface area contributed by atoms with Crippen LogP contribution in [0, 0.1) is 0 Å². The Labute approximate surface area is 282 Å². The van der Waals surface area contributed by atoms with Crippen LogP contribution in [0.3, 0.4) is 0 Å². The SMILES string of the molecule is C1=C(c2ccc(-n3c4ccccc4c4ccc5c(c6ccccc6n5-c5ccc6c(c5)oc5ccccc56)c43)cc2)c2ccccc2CC1. The Balaban J connectivity index is 1.17. The zero-order chi connectivity index (χ0) is 32.1. The molecule has 0 saturated heterocycles. The fraction of sp³-hybridized carbons (Fsp3) is 0.0435. The van der Waals surface area contributed by atoms with Crippen LogP contribution in [-0.2, 0) is 6.42 Å². The molecule has 49 heavy (non-hydrogen) atoms. The van der Waals surface area contributed by atoms with Gasteiger partial charge in [0, 0.05) is 49.8 Å². The molecule has 3 aromatic heterocycles. The number of allylic oxidation sites excluding steroid dienone is 1. The van der Waals surface area contributed by atoms with Crippen molar-refractivity contribution in [1.29, 1.82) is 0 Å². The summed E-state index contributed by atoms with van der Waals surface area (Å²) in [4.78, 5) is 0. The summed E-state index contributed by atoms with van der Waals surface area (Å²) in [6.07, 6.45) is 4.58. The van der Waals surface area contributed by atoms with Gasteiger partial charge in [0.15, 0.2) is 0 Å². The summed E-state index contributed by atoms with van der Waals surface area (Å²) >= 11 is 0. The molecule has 0 bridgehead atoms. The van der Waals surface area contributed by atoms with Crippen LogP contribution in [0.15, 0.2) is 162 Å². The molecule has 1 aliphatic rings. The molecule has 0 fully saturated rings. The zero-order valence-corrected chi connectivity index (χ0v) is 26.7. The zero-order valence-electron chi connectivity index (χ0n) is 26.7. The Kier molecular flexibility index (Phi) is 5.50. The molecule has 0 radical (unpaired) electrons. The lowest BCUT2D eigenvalue weighted by molar-refractivity contribution is 0.668. The summed E-state index contributed by atoms with van der Waals surface area (Å²) < 4.78 is 11.2. The Morgan fingerprint density at radius 1 is 0.469 bits per heavy atom. The van der Waals surface area contributed by atoms with Crippen LogP contribution < -0.4 is 0 Å². The van der Waals surface area contributed by atoms with E-state index in [0.29, 0.717) is 0 Å². The Morgan fingerprint density at radius 2 is 1.14 bits per heavy atom. The first-order valence-electron chi connectivity index (χ1n) is 17.1. The molecule has 1 aliphatic carbocycles. The molecule has 7 aromatic carbocycles. The van der Waals surface area contributed by atoms with Crippen LogP contribution in [0.2, 0.25) is 0 Å². The molecule has 11 rings (SSSR count). The van der Waals surface area contributed by atoms with Crippen molar-refractivity contribution in [3.05, 3.63) is 174 Å². The minimum Gasteiger partial charge on any atom is -0.456 e. The largest absolute Gasteiger partial charge is 0.456 e. The second-order valence-electron chi connectivity index (χ2n) is 13.2. The summed E-state index contributed by atoms with van der Waals surface area (Å²) in [5, 5.41) is 7.28. The predicted octanol–water partition coefficient (Wildman–Crippen LogP) is 12.2. The van der Waals surface area contributed by atoms with Crippen LogP contribution >= 0.6 is 0 Å². The van der Waals surface area contributed by atoms with Gasteiger partial charge in [-0.15, -0.1) is 0 Å². The highest BCUT2D eigenvalue weighted by Crippen LogP contribution is 2.43. The highest BCUT2D eigenvalue weighted by molar-refractivity contribution is 6.26. The Bertz CT molecular complexity index is 2980. The number of rotatable bonds is 3. The first-order valence-corrected chi connectivity index (χ1v) is 17.1. The van der Waals surface area contributed by atoms with Gasteiger partial charge in [-0.25, -0.2) is 0 Å². The van der Waals surface area contributed by atoms with Crippen LogP contribution in [0.1, 0.15) is 23.1 Å². The maximum Gasteiger partial charge on any atom is 0.137 e. The summed E-state index contributed by atoms with van der Waals surface area (Å²) in [6.45, 7) is 0. The number of aromatic nitrogens is 2. The highest BCUT2D eigenvalue weighted by atomic mass is 16.3. The molecule has 0 saturated carbocycles. The van der Waals surface area contributed by atoms with Crippen LogP contribution in [0.25, 0.3) is 82.5 Å². The van der Waals surface area contributed by atoms with Gasteiger partial charge in [0.25, 0.3) is 0 Å². The molecule has 0 amide bonds. The van der Waals surface area contributed by atoms with Gasteiger partial charge in [0.2, 0.25) is 0 Å². The van der Waals surface area contributed by atoms with E-state index in [2.05, 4.69) is 155 Å². The van der Waals surface area contributed by atoms with Gasteiger partial charge >= 0.3 is 0 Å². The second-order valence-corrected chi connectivity index (χ2v) is 13.2. The third-order valence-electron chi connectivity index (χ3n) is 10.6. The van der Waals surface area contributed by atoms with Gasteiger partial charge in [0.05, 0.1) is 22.1 Å². The summed E-state index contributed by atoms with van der Waals surface area (Å²) in [6, 6.07) is 55.2. The van der Waals surface area contributed by atoms with Gasteiger partial charge in [-0.1, -0.05) is 103 Å². The molecule has 0 unspecified atom stereocenters. The van der Waals surface area contributed by atoms with E-state index in [4.69, 9.17) is 4.42 Å². The van der Waals surface area contributed by atoms with Crippen molar-refractivity contribution in [3.8, 4) is 11.4 Å². The van der Waals surface area contributed by atoms with Gasteiger partial charge in [0.1, 0.15) is 11.2 Å². The van der Waals surface area contributed by atoms with Gasteiger partial charge in [-0.3, -0.25) is 0 Å². The molecular formula is C46H30N2O. The van der Waals surface area contributed by atoms with Crippen molar-refractivity contribution < 1.29 is 4.42 Å². The van der Waals surface area contributed by atoms with E-state index in [1.165, 1.54) is 65.9 Å². The van der Waals surface area contributed by atoms with Crippen molar-refractivity contribution in [2.24, 2.45) is 0 Å². The number of aryl methyl sites for hydroxylation is 1. The van der Waals surface area contributed by atoms with E-state index in [1.54, 1.807) is 0 Å². The van der Waals surface area contributed by atoms with Gasteiger partial charge in [-0.05, 0) is 83.6 Å². The third kappa shape index (κ3) is 3.78. The van der Waals surface area contributed by atoms with E-state index >= 15 is 0 Å². The highest BCUT2D eigenvalue weighted by Gasteiger charge is 2.22. The fourth-order valence-corrected chi connectivity index (χ4v) is 8.46. The average Bonchev–Trinajstić information content (AvgIpc) is 3.82. The number of hydrogen-bond acceptors (Lipinski definition) is 1. The van der Waals surface area contributed by atoms with Crippen LogP contribution in [0.5, 0.6) is 0 Å². The quantitative estimate of drug-likeness (QED) is 0.191. The number of furan rings is 1.